The zero-order chi connectivity index (χ0) is 19.6. The van der Waals surface area contributed by atoms with Gasteiger partial charge in [-0.15, -0.1) is 0 Å². The summed E-state index contributed by atoms with van der Waals surface area (Å²) in [6.45, 7) is 11.3. The van der Waals surface area contributed by atoms with E-state index in [2.05, 4.69) is 72.6 Å². The third kappa shape index (κ3) is 4.29. The predicted molar refractivity (Wildman–Crippen MR) is 109 cm³/mol. The van der Waals surface area contributed by atoms with Gasteiger partial charge < -0.3 is 0 Å². The van der Waals surface area contributed by atoms with Crippen LogP contribution in [0.25, 0.3) is 27.3 Å². The molecule has 0 fully saturated rings. The lowest BCUT2D eigenvalue weighted by Crippen LogP contribution is -2.14. The Balaban J connectivity index is 2.10. The van der Waals surface area contributed by atoms with Gasteiger partial charge in [0.25, 0.3) is 0 Å². The van der Waals surface area contributed by atoms with E-state index in [9.17, 15) is 0 Å². The van der Waals surface area contributed by atoms with Crippen LogP contribution in [-0.2, 0) is 12.8 Å². The van der Waals surface area contributed by atoms with Gasteiger partial charge in [0.15, 0.2) is 5.65 Å². The number of hydrogen-bond donors (Lipinski definition) is 0. The van der Waals surface area contributed by atoms with Crippen molar-refractivity contribution >= 4 is 11.2 Å². The van der Waals surface area contributed by atoms with E-state index >= 15 is 0 Å². The van der Waals surface area contributed by atoms with Crippen LogP contribution in [0.2, 0.25) is 0 Å². The second kappa shape index (κ2) is 7.41. The maximum atomic E-state index is 8.42. The molecule has 27 heavy (non-hydrogen) atoms. The number of rotatable bonds is 5. The topological polar surface area (TPSA) is 79.5 Å². The SMILES string of the molecule is Cc1cc(C)c2nc(CC(C)(C)C)n(-c3ccc(CCN=[N+]=[N-])cc3)c2n1. The smallest absolute Gasteiger partial charge is 0.165 e. The Labute approximate surface area is 159 Å². The Morgan fingerprint density at radius 1 is 1.11 bits per heavy atom. The first kappa shape index (κ1) is 18.9. The third-order valence-corrected chi connectivity index (χ3v) is 4.45. The molecule has 140 valence electrons. The quantitative estimate of drug-likeness (QED) is 0.342. The molecule has 0 saturated heterocycles. The molecule has 0 N–H and O–H groups in total. The summed E-state index contributed by atoms with van der Waals surface area (Å²) in [6.07, 6.45) is 1.60. The molecular formula is C21H26N6. The summed E-state index contributed by atoms with van der Waals surface area (Å²) in [6, 6.07) is 10.4. The molecule has 3 aromatic rings. The van der Waals surface area contributed by atoms with Crippen LogP contribution >= 0.6 is 0 Å². The molecule has 0 saturated carbocycles. The monoisotopic (exact) mass is 362 g/mol. The van der Waals surface area contributed by atoms with Gasteiger partial charge in [0.2, 0.25) is 0 Å². The lowest BCUT2D eigenvalue weighted by Gasteiger charge is -2.18. The highest BCUT2D eigenvalue weighted by Gasteiger charge is 2.21. The van der Waals surface area contributed by atoms with Crippen molar-refractivity contribution in [1.82, 2.24) is 14.5 Å². The number of pyridine rings is 1. The number of aromatic nitrogens is 3. The van der Waals surface area contributed by atoms with E-state index in [4.69, 9.17) is 15.5 Å². The molecule has 6 nitrogen and oxygen atoms in total. The zero-order valence-electron chi connectivity index (χ0n) is 16.7. The Morgan fingerprint density at radius 2 is 1.81 bits per heavy atom. The fourth-order valence-electron chi connectivity index (χ4n) is 3.31. The minimum atomic E-state index is 0.122. The summed E-state index contributed by atoms with van der Waals surface area (Å²) < 4.78 is 2.18. The molecule has 0 atom stereocenters. The second-order valence-corrected chi connectivity index (χ2v) is 8.22. The van der Waals surface area contributed by atoms with Crippen molar-refractivity contribution < 1.29 is 0 Å². The molecule has 0 spiro atoms. The molecular weight excluding hydrogens is 336 g/mol. The van der Waals surface area contributed by atoms with Gasteiger partial charge in [-0.05, 0) is 60.5 Å². The highest BCUT2D eigenvalue weighted by molar-refractivity contribution is 5.78. The van der Waals surface area contributed by atoms with E-state index in [0.29, 0.717) is 6.54 Å². The number of aryl methyl sites for hydroxylation is 2. The molecule has 0 unspecified atom stereocenters. The Kier molecular flexibility index (Phi) is 5.19. The van der Waals surface area contributed by atoms with Gasteiger partial charge in [-0.2, -0.15) is 0 Å². The van der Waals surface area contributed by atoms with E-state index in [-0.39, 0.29) is 5.41 Å². The highest BCUT2D eigenvalue weighted by Crippen LogP contribution is 2.28. The van der Waals surface area contributed by atoms with Crippen molar-refractivity contribution in [3.63, 3.8) is 0 Å². The maximum Gasteiger partial charge on any atom is 0.165 e. The third-order valence-electron chi connectivity index (χ3n) is 4.45. The average Bonchev–Trinajstić information content (AvgIpc) is 2.92. The summed E-state index contributed by atoms with van der Waals surface area (Å²) in [5, 5.41) is 3.61. The van der Waals surface area contributed by atoms with Crippen molar-refractivity contribution in [1.29, 1.82) is 0 Å². The number of nitrogens with zero attached hydrogens (tertiary/aromatic N) is 6. The van der Waals surface area contributed by atoms with Crippen LogP contribution in [0.5, 0.6) is 0 Å². The minimum Gasteiger partial charge on any atom is -0.281 e. The van der Waals surface area contributed by atoms with Crippen LogP contribution in [0.3, 0.4) is 0 Å². The highest BCUT2D eigenvalue weighted by atomic mass is 15.1. The Hall–Kier alpha value is -2.85. The summed E-state index contributed by atoms with van der Waals surface area (Å²) >= 11 is 0. The van der Waals surface area contributed by atoms with E-state index < -0.39 is 0 Å². The van der Waals surface area contributed by atoms with E-state index in [1.165, 1.54) is 0 Å². The van der Waals surface area contributed by atoms with Gasteiger partial charge in [-0.25, -0.2) is 9.97 Å². The summed E-state index contributed by atoms with van der Waals surface area (Å²) in [5.41, 5.74) is 14.8. The normalized spacial score (nSPS) is 11.6. The molecule has 0 bridgehead atoms. The molecule has 1 aromatic carbocycles. The predicted octanol–water partition coefficient (Wildman–Crippen LogP) is 5.48. The molecule has 2 heterocycles. The molecule has 0 aliphatic carbocycles. The molecule has 6 heteroatoms. The van der Waals surface area contributed by atoms with E-state index in [0.717, 1.165) is 52.3 Å². The van der Waals surface area contributed by atoms with Crippen molar-refractivity contribution in [2.75, 3.05) is 6.54 Å². The van der Waals surface area contributed by atoms with Gasteiger partial charge in [0, 0.05) is 29.3 Å². The molecule has 3 rings (SSSR count). The van der Waals surface area contributed by atoms with Crippen LogP contribution in [-0.4, -0.2) is 21.1 Å². The number of azide groups is 1. The molecule has 0 amide bonds. The Morgan fingerprint density at radius 3 is 2.44 bits per heavy atom. The van der Waals surface area contributed by atoms with Crippen LogP contribution in [0.15, 0.2) is 35.4 Å². The molecule has 0 aliphatic rings. The van der Waals surface area contributed by atoms with E-state index in [1.54, 1.807) is 0 Å². The first-order valence-electron chi connectivity index (χ1n) is 9.24. The van der Waals surface area contributed by atoms with Crippen LogP contribution in [0.4, 0.5) is 0 Å². The van der Waals surface area contributed by atoms with Crippen molar-refractivity contribution in [3.05, 3.63) is 63.4 Å². The molecule has 0 aliphatic heterocycles. The fraction of sp³-hybridized carbons (Fsp3) is 0.429. The minimum absolute atomic E-state index is 0.122. The zero-order valence-corrected chi connectivity index (χ0v) is 16.7. The van der Waals surface area contributed by atoms with E-state index in [1.807, 2.05) is 6.92 Å². The summed E-state index contributed by atoms with van der Waals surface area (Å²) in [5.74, 6) is 1.03. The van der Waals surface area contributed by atoms with Crippen molar-refractivity contribution in [3.8, 4) is 5.69 Å². The summed E-state index contributed by atoms with van der Waals surface area (Å²) in [4.78, 5) is 12.5. The lowest BCUT2D eigenvalue weighted by atomic mass is 9.92. The first-order chi connectivity index (χ1) is 12.8. The van der Waals surface area contributed by atoms with Gasteiger partial charge >= 0.3 is 0 Å². The first-order valence-corrected chi connectivity index (χ1v) is 9.24. The largest absolute Gasteiger partial charge is 0.281 e. The van der Waals surface area contributed by atoms with Gasteiger partial charge in [0.1, 0.15) is 11.3 Å². The number of hydrogen-bond acceptors (Lipinski definition) is 3. The molecule has 0 radical (unpaired) electrons. The van der Waals surface area contributed by atoms with Crippen molar-refractivity contribution in [2.45, 2.75) is 47.5 Å². The van der Waals surface area contributed by atoms with Gasteiger partial charge in [-0.1, -0.05) is 38.0 Å². The lowest BCUT2D eigenvalue weighted by molar-refractivity contribution is 0.399. The van der Waals surface area contributed by atoms with Crippen LogP contribution < -0.4 is 0 Å². The van der Waals surface area contributed by atoms with Gasteiger partial charge in [0.05, 0.1) is 0 Å². The molecule has 2 aromatic heterocycles. The van der Waals surface area contributed by atoms with Crippen LogP contribution in [0, 0.1) is 19.3 Å². The number of benzene rings is 1. The average molecular weight is 362 g/mol. The maximum absolute atomic E-state index is 8.42. The van der Waals surface area contributed by atoms with Gasteiger partial charge in [-0.3, -0.25) is 4.57 Å². The number of fused-ring (bicyclic) bond motifs is 1. The summed E-state index contributed by atoms with van der Waals surface area (Å²) in [7, 11) is 0. The number of imidazole rings is 1. The van der Waals surface area contributed by atoms with Crippen LogP contribution in [0.1, 0.15) is 43.4 Å². The Bertz CT molecular complexity index is 1000. The second-order valence-electron chi connectivity index (χ2n) is 8.22. The fourth-order valence-corrected chi connectivity index (χ4v) is 3.31. The standard InChI is InChI=1S/C21H26N6/c1-14-12-15(2)24-20-19(14)25-18(13-21(3,4)5)27(20)17-8-6-16(7-9-17)10-11-23-26-22/h6-9,12H,10-11,13H2,1-5H3. The van der Waals surface area contributed by atoms with Crippen molar-refractivity contribution in [2.24, 2.45) is 10.5 Å².